The molecule has 5 nitrogen and oxygen atoms in total. The molecule has 0 unspecified atom stereocenters. The predicted molar refractivity (Wildman–Crippen MR) is 98.8 cm³/mol. The molecule has 0 aromatic heterocycles. The van der Waals surface area contributed by atoms with Crippen LogP contribution in [0.4, 0.5) is 5.69 Å². The van der Waals surface area contributed by atoms with Crippen molar-refractivity contribution in [1.82, 2.24) is 0 Å². The Bertz CT molecular complexity index is 819. The quantitative estimate of drug-likeness (QED) is 0.748. The monoisotopic (exact) mass is 403 g/mol. The molecule has 1 N–H and O–H groups in total. The van der Waals surface area contributed by atoms with Gasteiger partial charge < -0.3 is 14.8 Å². The number of Topliss-reactive ketones (excluding diaryl/α,β-unsaturated/α-hetero) is 1. The maximum Gasteiger partial charge on any atom is 0.256 e. The molecule has 1 aliphatic rings. The molecule has 0 spiro atoms. The smallest absolute Gasteiger partial charge is 0.256 e. The molecule has 0 fully saturated rings. The van der Waals surface area contributed by atoms with Gasteiger partial charge in [0, 0.05) is 22.5 Å². The Morgan fingerprint density at radius 3 is 2.44 bits per heavy atom. The first-order chi connectivity index (χ1) is 12.1. The van der Waals surface area contributed by atoms with Gasteiger partial charge in [0.2, 0.25) is 0 Å². The molecule has 0 bridgehead atoms. The highest BCUT2D eigenvalue weighted by Gasteiger charge is 2.21. The summed E-state index contributed by atoms with van der Waals surface area (Å²) in [5.41, 5.74) is 1.36. The number of carbonyl (C=O) groups is 2. The minimum Gasteiger partial charge on any atom is -0.486 e. The van der Waals surface area contributed by atoms with Gasteiger partial charge in [-0.1, -0.05) is 19.1 Å². The zero-order valence-corrected chi connectivity index (χ0v) is 15.4. The Labute approximate surface area is 154 Å². The summed E-state index contributed by atoms with van der Waals surface area (Å²) in [5.74, 6) is 0.725. The first-order valence-corrected chi connectivity index (χ1v) is 8.92. The van der Waals surface area contributed by atoms with Crippen molar-refractivity contribution >= 4 is 33.3 Å². The Morgan fingerprint density at radius 1 is 1.08 bits per heavy atom. The number of amides is 1. The first-order valence-electron chi connectivity index (χ1n) is 8.13. The molecule has 1 aliphatic heterocycles. The lowest BCUT2D eigenvalue weighted by molar-refractivity contribution is 0.0981. The molecule has 1 amide bonds. The average molecular weight is 404 g/mol. The predicted octanol–water partition coefficient (Wildman–Crippen LogP) is 4.46. The number of fused-ring (bicyclic) bond motifs is 1. The largest absolute Gasteiger partial charge is 0.486 e. The van der Waals surface area contributed by atoms with Crippen LogP contribution < -0.4 is 14.8 Å². The Morgan fingerprint density at radius 2 is 1.76 bits per heavy atom. The Kier molecular flexibility index (Phi) is 5.38. The molecule has 0 radical (unpaired) electrons. The van der Waals surface area contributed by atoms with E-state index in [1.54, 1.807) is 30.3 Å². The van der Waals surface area contributed by atoms with E-state index in [4.69, 9.17) is 9.47 Å². The number of hydrogen-bond acceptors (Lipinski definition) is 4. The highest BCUT2D eigenvalue weighted by atomic mass is 79.9. The number of nitrogens with one attached hydrogen (secondary N) is 1. The minimum atomic E-state index is -0.297. The molecular weight excluding hydrogens is 386 g/mol. The Balaban J connectivity index is 1.97. The van der Waals surface area contributed by atoms with Gasteiger partial charge in [0.25, 0.3) is 5.91 Å². The van der Waals surface area contributed by atoms with Crippen molar-refractivity contribution in [3.8, 4) is 11.5 Å². The summed E-state index contributed by atoms with van der Waals surface area (Å²) >= 11 is 3.37. The van der Waals surface area contributed by atoms with Crippen LogP contribution in [0.2, 0.25) is 0 Å². The number of rotatable bonds is 5. The zero-order valence-electron chi connectivity index (χ0n) is 13.8. The van der Waals surface area contributed by atoms with E-state index < -0.39 is 0 Å². The number of anilines is 1. The molecule has 0 saturated heterocycles. The molecule has 1 heterocycles. The molecule has 0 aliphatic carbocycles. The van der Waals surface area contributed by atoms with Crippen molar-refractivity contribution in [3.05, 3.63) is 52.0 Å². The van der Waals surface area contributed by atoms with Gasteiger partial charge in [0.05, 0.1) is 11.3 Å². The molecule has 25 heavy (non-hydrogen) atoms. The van der Waals surface area contributed by atoms with Crippen LogP contribution in [0.1, 0.15) is 40.5 Å². The van der Waals surface area contributed by atoms with E-state index in [1.165, 1.54) is 0 Å². The second kappa shape index (κ2) is 7.70. The van der Waals surface area contributed by atoms with Gasteiger partial charge in [-0.2, -0.15) is 0 Å². The standard InChI is InChI=1S/C19H18BrNO4/c1-2-5-16(22)13-10-17-18(25-9-8-24-17)11-15(13)21-19(23)12-6-3-4-7-14(12)20/h3-4,6-7,10-11H,2,5,8-9H2,1H3,(H,21,23). The van der Waals surface area contributed by atoms with Crippen molar-refractivity contribution < 1.29 is 19.1 Å². The van der Waals surface area contributed by atoms with Crippen LogP contribution in [0.25, 0.3) is 0 Å². The zero-order chi connectivity index (χ0) is 17.8. The van der Waals surface area contributed by atoms with Crippen LogP contribution >= 0.6 is 15.9 Å². The lowest BCUT2D eigenvalue weighted by Crippen LogP contribution is -2.19. The van der Waals surface area contributed by atoms with Gasteiger partial charge in [-0.3, -0.25) is 9.59 Å². The van der Waals surface area contributed by atoms with E-state index in [1.807, 2.05) is 13.0 Å². The highest BCUT2D eigenvalue weighted by molar-refractivity contribution is 9.10. The number of carbonyl (C=O) groups excluding carboxylic acids is 2. The number of hydrogen-bond donors (Lipinski definition) is 1. The van der Waals surface area contributed by atoms with Crippen LogP contribution in [0.5, 0.6) is 11.5 Å². The molecule has 6 heteroatoms. The number of halogens is 1. The van der Waals surface area contributed by atoms with Crippen molar-refractivity contribution in [1.29, 1.82) is 0 Å². The third kappa shape index (κ3) is 3.85. The van der Waals surface area contributed by atoms with E-state index in [0.29, 0.717) is 52.4 Å². The maximum absolute atomic E-state index is 12.6. The summed E-state index contributed by atoms with van der Waals surface area (Å²) in [6.45, 7) is 2.82. The summed E-state index contributed by atoms with van der Waals surface area (Å²) in [6, 6.07) is 10.4. The van der Waals surface area contributed by atoms with Crippen LogP contribution in [-0.2, 0) is 0 Å². The fourth-order valence-corrected chi connectivity index (χ4v) is 3.08. The van der Waals surface area contributed by atoms with E-state index in [9.17, 15) is 9.59 Å². The van der Waals surface area contributed by atoms with Gasteiger partial charge in [-0.15, -0.1) is 0 Å². The second-order valence-electron chi connectivity index (χ2n) is 5.65. The van der Waals surface area contributed by atoms with Gasteiger partial charge in [-0.25, -0.2) is 0 Å². The van der Waals surface area contributed by atoms with Gasteiger partial charge in [0.15, 0.2) is 17.3 Å². The summed E-state index contributed by atoms with van der Waals surface area (Å²) in [5, 5.41) is 2.83. The van der Waals surface area contributed by atoms with Crippen molar-refractivity contribution in [2.45, 2.75) is 19.8 Å². The highest BCUT2D eigenvalue weighted by Crippen LogP contribution is 2.36. The second-order valence-corrected chi connectivity index (χ2v) is 6.50. The van der Waals surface area contributed by atoms with Crippen molar-refractivity contribution in [3.63, 3.8) is 0 Å². The fourth-order valence-electron chi connectivity index (χ4n) is 2.62. The average Bonchev–Trinajstić information content (AvgIpc) is 2.61. The maximum atomic E-state index is 12.6. The van der Waals surface area contributed by atoms with E-state index in [0.717, 1.165) is 6.42 Å². The summed E-state index contributed by atoms with van der Waals surface area (Å²) in [7, 11) is 0. The molecule has 0 atom stereocenters. The van der Waals surface area contributed by atoms with Crippen LogP contribution in [0.15, 0.2) is 40.9 Å². The van der Waals surface area contributed by atoms with Crippen LogP contribution in [-0.4, -0.2) is 24.9 Å². The summed E-state index contributed by atoms with van der Waals surface area (Å²) in [4.78, 5) is 25.1. The van der Waals surface area contributed by atoms with E-state index >= 15 is 0 Å². The van der Waals surface area contributed by atoms with Gasteiger partial charge >= 0.3 is 0 Å². The number of ketones is 1. The molecule has 0 saturated carbocycles. The third-order valence-corrected chi connectivity index (χ3v) is 4.52. The van der Waals surface area contributed by atoms with Gasteiger partial charge in [-0.05, 0) is 40.5 Å². The van der Waals surface area contributed by atoms with E-state index in [2.05, 4.69) is 21.2 Å². The first kappa shape index (κ1) is 17.5. The fraction of sp³-hybridized carbons (Fsp3) is 0.263. The Hall–Kier alpha value is -2.34. The SMILES string of the molecule is CCCC(=O)c1cc2c(cc1NC(=O)c1ccccc1Br)OCCO2. The minimum absolute atomic E-state index is 0.0399. The van der Waals surface area contributed by atoms with Crippen molar-refractivity contribution in [2.75, 3.05) is 18.5 Å². The normalized spacial score (nSPS) is 12.6. The number of benzene rings is 2. The molecule has 2 aromatic rings. The number of ether oxygens (including phenoxy) is 2. The molecule has 3 rings (SSSR count). The lowest BCUT2D eigenvalue weighted by Gasteiger charge is -2.21. The third-order valence-electron chi connectivity index (χ3n) is 3.83. The van der Waals surface area contributed by atoms with Crippen molar-refractivity contribution in [2.24, 2.45) is 0 Å². The van der Waals surface area contributed by atoms with Gasteiger partial charge in [0.1, 0.15) is 13.2 Å². The van der Waals surface area contributed by atoms with Crippen LogP contribution in [0.3, 0.4) is 0 Å². The van der Waals surface area contributed by atoms with Crippen LogP contribution in [0, 0.1) is 0 Å². The topological polar surface area (TPSA) is 64.6 Å². The molecular formula is C19H18BrNO4. The lowest BCUT2D eigenvalue weighted by atomic mass is 10.0. The molecule has 2 aromatic carbocycles. The van der Waals surface area contributed by atoms with E-state index in [-0.39, 0.29) is 11.7 Å². The summed E-state index contributed by atoms with van der Waals surface area (Å²) in [6.07, 6.45) is 1.13. The molecule has 130 valence electrons. The summed E-state index contributed by atoms with van der Waals surface area (Å²) < 4.78 is 11.8.